The van der Waals surface area contributed by atoms with Gasteiger partial charge in [0.15, 0.2) is 5.96 Å². The highest BCUT2D eigenvalue weighted by atomic mass is 16.4. The van der Waals surface area contributed by atoms with Gasteiger partial charge >= 0.3 is 11.9 Å². The van der Waals surface area contributed by atoms with Crippen molar-refractivity contribution in [3.63, 3.8) is 0 Å². The standard InChI is InChI=1S/C19H32N8O8/c20-9(3-1-5-24-19(22)23)15(31)25-10(7-13(21)28)16(32)26-11(8-14(29)30)17(33)27-6-2-4-12(27)18(34)35/h9-12H,1-8,20H2,(H2,21,28)(H,25,31)(H,26,32)(H,29,30)(H,34,35)(H4,22,23,24). The van der Waals surface area contributed by atoms with Crippen molar-refractivity contribution < 1.29 is 39.0 Å². The topological polar surface area (TPSA) is 287 Å². The molecule has 35 heavy (non-hydrogen) atoms. The summed E-state index contributed by atoms with van der Waals surface area (Å²) in [7, 11) is 0. The third kappa shape index (κ3) is 9.83. The fourth-order valence-electron chi connectivity index (χ4n) is 3.47. The minimum atomic E-state index is -1.64. The highest BCUT2D eigenvalue weighted by Gasteiger charge is 2.39. The van der Waals surface area contributed by atoms with Gasteiger partial charge in [-0.2, -0.15) is 0 Å². The van der Waals surface area contributed by atoms with Crippen LogP contribution in [0.15, 0.2) is 4.99 Å². The number of carboxylic acid groups (broad SMARTS) is 2. The first-order valence-electron chi connectivity index (χ1n) is 10.8. The quantitative estimate of drug-likeness (QED) is 0.0642. The normalized spacial score (nSPS) is 17.5. The van der Waals surface area contributed by atoms with E-state index in [0.717, 1.165) is 4.90 Å². The molecule has 1 saturated heterocycles. The van der Waals surface area contributed by atoms with Gasteiger partial charge in [-0.05, 0) is 25.7 Å². The number of nitrogens with zero attached hydrogens (tertiary/aromatic N) is 2. The van der Waals surface area contributed by atoms with Gasteiger partial charge in [0.1, 0.15) is 18.1 Å². The zero-order valence-electron chi connectivity index (χ0n) is 19.0. The first-order chi connectivity index (χ1) is 16.3. The Hall–Kier alpha value is -3.95. The molecule has 4 atom stereocenters. The van der Waals surface area contributed by atoms with Crippen LogP contribution in [-0.4, -0.2) is 93.9 Å². The fourth-order valence-corrected chi connectivity index (χ4v) is 3.47. The van der Waals surface area contributed by atoms with Gasteiger partial charge in [-0.1, -0.05) is 0 Å². The molecule has 1 aliphatic rings. The minimum Gasteiger partial charge on any atom is -0.481 e. The molecule has 0 saturated carbocycles. The molecule has 12 N–H and O–H groups in total. The SMILES string of the molecule is NC(=O)CC(NC(=O)C(N)CCCN=C(N)N)C(=O)NC(CC(=O)O)C(=O)N1CCCC1C(=O)O. The fraction of sp³-hybridized carbons (Fsp3) is 0.632. The van der Waals surface area contributed by atoms with E-state index in [2.05, 4.69) is 15.6 Å². The van der Waals surface area contributed by atoms with Crippen molar-refractivity contribution in [2.45, 2.75) is 62.7 Å². The van der Waals surface area contributed by atoms with Gasteiger partial charge in [0.2, 0.25) is 23.6 Å². The number of aliphatic carboxylic acids is 2. The lowest BCUT2D eigenvalue weighted by Crippen LogP contribution is -2.58. The first-order valence-corrected chi connectivity index (χ1v) is 10.8. The van der Waals surface area contributed by atoms with Gasteiger partial charge in [0.25, 0.3) is 0 Å². The maximum absolute atomic E-state index is 12.9. The van der Waals surface area contributed by atoms with Crippen molar-refractivity contribution in [3.8, 4) is 0 Å². The van der Waals surface area contributed by atoms with E-state index < -0.39 is 72.6 Å². The van der Waals surface area contributed by atoms with E-state index >= 15 is 0 Å². The molecule has 1 aliphatic heterocycles. The predicted octanol–water partition coefficient (Wildman–Crippen LogP) is -4.24. The van der Waals surface area contributed by atoms with E-state index in [1.807, 2.05) is 0 Å². The van der Waals surface area contributed by atoms with Crippen molar-refractivity contribution >= 4 is 41.5 Å². The number of carbonyl (C=O) groups excluding carboxylic acids is 4. The van der Waals surface area contributed by atoms with Crippen LogP contribution in [0, 0.1) is 0 Å². The van der Waals surface area contributed by atoms with Crippen LogP contribution in [0.3, 0.4) is 0 Å². The third-order valence-electron chi connectivity index (χ3n) is 5.16. The van der Waals surface area contributed by atoms with E-state index in [1.54, 1.807) is 0 Å². The van der Waals surface area contributed by atoms with Crippen LogP contribution < -0.4 is 33.6 Å². The summed E-state index contributed by atoms with van der Waals surface area (Å²) in [6.07, 6.45) is -0.467. The molecule has 0 spiro atoms. The Balaban J connectivity index is 2.92. The van der Waals surface area contributed by atoms with Gasteiger partial charge in [-0.25, -0.2) is 4.79 Å². The van der Waals surface area contributed by atoms with Crippen molar-refractivity contribution in [1.29, 1.82) is 0 Å². The number of nitrogens with one attached hydrogen (secondary N) is 2. The van der Waals surface area contributed by atoms with Gasteiger partial charge in [-0.15, -0.1) is 0 Å². The average molecular weight is 501 g/mol. The van der Waals surface area contributed by atoms with E-state index in [1.165, 1.54) is 0 Å². The average Bonchev–Trinajstić information content (AvgIpc) is 3.24. The van der Waals surface area contributed by atoms with Crippen LogP contribution >= 0.6 is 0 Å². The molecule has 16 heteroatoms. The number of guanidine groups is 1. The van der Waals surface area contributed by atoms with Gasteiger partial charge in [0.05, 0.1) is 18.9 Å². The van der Waals surface area contributed by atoms with Crippen LogP contribution in [0.1, 0.15) is 38.5 Å². The molecule has 0 bridgehead atoms. The third-order valence-corrected chi connectivity index (χ3v) is 5.16. The Morgan fingerprint density at radius 2 is 1.60 bits per heavy atom. The predicted molar refractivity (Wildman–Crippen MR) is 120 cm³/mol. The number of carboxylic acids is 2. The summed E-state index contributed by atoms with van der Waals surface area (Å²) < 4.78 is 0. The number of likely N-dealkylation sites (tertiary alicyclic amines) is 1. The van der Waals surface area contributed by atoms with Crippen LogP contribution in [0.5, 0.6) is 0 Å². The number of carbonyl (C=O) groups is 6. The molecule has 16 nitrogen and oxygen atoms in total. The minimum absolute atomic E-state index is 0.0674. The van der Waals surface area contributed by atoms with E-state index in [-0.39, 0.29) is 31.9 Å². The number of amides is 4. The Bertz CT molecular complexity index is 860. The highest BCUT2D eigenvalue weighted by molar-refractivity contribution is 5.97. The molecule has 1 rings (SSSR count). The number of rotatable bonds is 14. The largest absolute Gasteiger partial charge is 0.481 e. The maximum atomic E-state index is 12.9. The van der Waals surface area contributed by atoms with Crippen molar-refractivity contribution in [1.82, 2.24) is 15.5 Å². The second-order valence-electron chi connectivity index (χ2n) is 7.97. The Labute approximate surface area is 200 Å². The van der Waals surface area contributed by atoms with Gasteiger partial charge in [0, 0.05) is 13.1 Å². The molecule has 196 valence electrons. The molecule has 0 aliphatic carbocycles. The molecule has 0 aromatic carbocycles. The molecule has 0 aromatic heterocycles. The second-order valence-corrected chi connectivity index (χ2v) is 7.97. The maximum Gasteiger partial charge on any atom is 0.326 e. The first kappa shape index (κ1) is 29.1. The molecule has 4 amide bonds. The van der Waals surface area contributed by atoms with Crippen molar-refractivity contribution in [3.05, 3.63) is 0 Å². The zero-order chi connectivity index (χ0) is 26.7. The van der Waals surface area contributed by atoms with Gasteiger partial charge in [-0.3, -0.25) is 29.0 Å². The van der Waals surface area contributed by atoms with Crippen LogP contribution in [0.2, 0.25) is 0 Å². The van der Waals surface area contributed by atoms with Crippen LogP contribution in [0.4, 0.5) is 0 Å². The number of hydrogen-bond acceptors (Lipinski definition) is 8. The summed E-state index contributed by atoms with van der Waals surface area (Å²) >= 11 is 0. The summed E-state index contributed by atoms with van der Waals surface area (Å²) in [4.78, 5) is 76.9. The molecule has 0 aromatic rings. The van der Waals surface area contributed by atoms with Crippen LogP contribution in [0.25, 0.3) is 0 Å². The Morgan fingerprint density at radius 3 is 2.14 bits per heavy atom. The van der Waals surface area contributed by atoms with E-state index in [9.17, 15) is 39.0 Å². The smallest absolute Gasteiger partial charge is 0.326 e. The summed E-state index contributed by atoms with van der Waals surface area (Å²) in [5.74, 6) is -6.56. The highest BCUT2D eigenvalue weighted by Crippen LogP contribution is 2.19. The Kier molecular flexibility index (Phi) is 11.4. The summed E-state index contributed by atoms with van der Waals surface area (Å²) in [6, 6.07) is -5.44. The molecule has 1 fully saturated rings. The van der Waals surface area contributed by atoms with Gasteiger partial charge < -0.3 is 48.7 Å². The summed E-state index contributed by atoms with van der Waals surface area (Å²) in [5, 5.41) is 22.9. The number of primary amides is 1. The Morgan fingerprint density at radius 1 is 0.971 bits per heavy atom. The number of nitrogens with two attached hydrogens (primary N) is 4. The van der Waals surface area contributed by atoms with Crippen molar-refractivity contribution in [2.24, 2.45) is 27.9 Å². The van der Waals surface area contributed by atoms with Crippen molar-refractivity contribution in [2.75, 3.05) is 13.1 Å². The van der Waals surface area contributed by atoms with E-state index in [0.29, 0.717) is 12.8 Å². The monoisotopic (exact) mass is 500 g/mol. The molecule has 1 heterocycles. The molecular formula is C19H32N8O8. The summed E-state index contributed by atoms with van der Waals surface area (Å²) in [6.45, 7) is 0.277. The lowest BCUT2D eigenvalue weighted by atomic mass is 10.1. The lowest BCUT2D eigenvalue weighted by molar-refractivity contribution is -0.150. The molecule has 4 unspecified atom stereocenters. The summed E-state index contributed by atoms with van der Waals surface area (Å²) in [5.41, 5.74) is 21.4. The lowest BCUT2D eigenvalue weighted by Gasteiger charge is -2.28. The zero-order valence-corrected chi connectivity index (χ0v) is 19.0. The molecular weight excluding hydrogens is 468 g/mol. The number of hydrogen-bond donors (Lipinski definition) is 8. The second kappa shape index (κ2) is 13.7. The van der Waals surface area contributed by atoms with E-state index in [4.69, 9.17) is 22.9 Å². The van der Waals surface area contributed by atoms with Crippen LogP contribution in [-0.2, 0) is 28.8 Å². The molecule has 0 radical (unpaired) electrons. The number of aliphatic imine (C=N–C) groups is 1.